The van der Waals surface area contributed by atoms with Crippen molar-refractivity contribution in [2.24, 2.45) is 0 Å². The van der Waals surface area contributed by atoms with Gasteiger partial charge < -0.3 is 24.8 Å². The van der Waals surface area contributed by atoms with E-state index in [1.165, 1.54) is 0 Å². The number of rotatable bonds is 3. The lowest BCUT2D eigenvalue weighted by molar-refractivity contribution is 0.0382. The highest BCUT2D eigenvalue weighted by molar-refractivity contribution is 5.98. The zero-order valence-electron chi connectivity index (χ0n) is 14.5. The molecule has 0 spiro atoms. The number of aliphatic hydroxyl groups is 1. The number of nitrogens with one attached hydrogen (secondary N) is 1. The van der Waals surface area contributed by atoms with Crippen LogP contribution in [0.15, 0.2) is 36.5 Å². The average Bonchev–Trinajstić information content (AvgIpc) is 3.15. The van der Waals surface area contributed by atoms with Gasteiger partial charge in [0.05, 0.1) is 11.7 Å². The van der Waals surface area contributed by atoms with Crippen molar-refractivity contribution in [3.63, 3.8) is 0 Å². The topological polar surface area (TPSA) is 83.9 Å². The van der Waals surface area contributed by atoms with Crippen LogP contribution in [0.25, 0.3) is 0 Å². The number of pyridine rings is 1. The van der Waals surface area contributed by atoms with E-state index in [2.05, 4.69) is 10.3 Å². The number of likely N-dealkylation sites (tertiary alicyclic amines) is 1. The third-order valence-corrected chi connectivity index (χ3v) is 4.97. The van der Waals surface area contributed by atoms with Crippen LogP contribution in [0.4, 0.5) is 5.82 Å². The molecule has 2 atom stereocenters. The Morgan fingerprint density at radius 2 is 2.15 bits per heavy atom. The minimum absolute atomic E-state index is 0.0359. The lowest BCUT2D eigenvalue weighted by Crippen LogP contribution is -2.45. The normalized spacial score (nSPS) is 21.5. The largest absolute Gasteiger partial charge is 0.454 e. The quantitative estimate of drug-likeness (QED) is 0.874. The van der Waals surface area contributed by atoms with Crippen LogP contribution in [0.2, 0.25) is 0 Å². The summed E-state index contributed by atoms with van der Waals surface area (Å²) in [5.41, 5.74) is 1.52. The molecule has 136 valence electrons. The third-order valence-electron chi connectivity index (χ3n) is 4.97. The predicted octanol–water partition coefficient (Wildman–Crippen LogP) is 1.84. The van der Waals surface area contributed by atoms with Gasteiger partial charge in [0.15, 0.2) is 11.5 Å². The van der Waals surface area contributed by atoms with Crippen molar-refractivity contribution in [3.05, 3.63) is 47.7 Å². The number of hydrogen-bond acceptors (Lipinski definition) is 6. The van der Waals surface area contributed by atoms with Gasteiger partial charge in [-0.1, -0.05) is 6.07 Å². The van der Waals surface area contributed by atoms with Crippen LogP contribution in [0.3, 0.4) is 0 Å². The van der Waals surface area contributed by atoms with Crippen LogP contribution in [0, 0.1) is 0 Å². The highest BCUT2D eigenvalue weighted by Gasteiger charge is 2.33. The Morgan fingerprint density at radius 3 is 2.96 bits per heavy atom. The number of β-amino-alcohol motifs (C(OH)–C–C–N with tert-alkyl or cyclic N) is 1. The van der Waals surface area contributed by atoms with Crippen molar-refractivity contribution in [1.82, 2.24) is 9.88 Å². The Kier molecular flexibility index (Phi) is 4.38. The van der Waals surface area contributed by atoms with Gasteiger partial charge in [-0.15, -0.1) is 0 Å². The monoisotopic (exact) mass is 355 g/mol. The molecule has 0 bridgehead atoms. The number of anilines is 1. The van der Waals surface area contributed by atoms with E-state index in [9.17, 15) is 9.90 Å². The zero-order valence-corrected chi connectivity index (χ0v) is 14.5. The van der Waals surface area contributed by atoms with Gasteiger partial charge in [-0.3, -0.25) is 4.79 Å². The number of benzene rings is 1. The maximum atomic E-state index is 12.8. The molecule has 0 unspecified atom stereocenters. The molecule has 7 nitrogen and oxygen atoms in total. The van der Waals surface area contributed by atoms with Crippen molar-refractivity contribution in [3.8, 4) is 11.5 Å². The molecule has 0 aliphatic carbocycles. The summed E-state index contributed by atoms with van der Waals surface area (Å²) in [6.45, 7) is 1.09. The molecule has 1 amide bonds. The van der Waals surface area contributed by atoms with Crippen molar-refractivity contribution in [2.75, 3.05) is 32.2 Å². The lowest BCUT2D eigenvalue weighted by atomic mass is 9.86. The molecule has 26 heavy (non-hydrogen) atoms. The minimum atomic E-state index is -0.636. The number of amides is 1. The smallest absolute Gasteiger partial charge is 0.257 e. The molecule has 2 aliphatic heterocycles. The highest BCUT2D eigenvalue weighted by Crippen LogP contribution is 2.37. The molecule has 2 aromatic rings. The molecule has 2 N–H and O–H groups in total. The number of carbonyl (C=O) groups is 1. The Labute approximate surface area is 151 Å². The van der Waals surface area contributed by atoms with Gasteiger partial charge >= 0.3 is 0 Å². The van der Waals surface area contributed by atoms with E-state index in [-0.39, 0.29) is 25.2 Å². The van der Waals surface area contributed by atoms with E-state index >= 15 is 0 Å². The number of hydrogen-bond donors (Lipinski definition) is 2. The molecule has 1 fully saturated rings. The van der Waals surface area contributed by atoms with Crippen molar-refractivity contribution < 1.29 is 19.4 Å². The Hall–Kier alpha value is -2.80. The second-order valence-corrected chi connectivity index (χ2v) is 6.48. The van der Waals surface area contributed by atoms with Crippen LogP contribution in [0.5, 0.6) is 11.5 Å². The fraction of sp³-hybridized carbons (Fsp3) is 0.368. The molecular weight excluding hydrogens is 334 g/mol. The van der Waals surface area contributed by atoms with Crippen LogP contribution in [0.1, 0.15) is 28.3 Å². The first-order chi connectivity index (χ1) is 12.7. The maximum absolute atomic E-state index is 12.8. The number of nitrogens with zero attached hydrogens (tertiary/aromatic N) is 2. The van der Waals surface area contributed by atoms with Gasteiger partial charge in [0.25, 0.3) is 5.91 Å². The number of carbonyl (C=O) groups excluding carboxylic acids is 1. The van der Waals surface area contributed by atoms with E-state index in [1.54, 1.807) is 30.3 Å². The summed E-state index contributed by atoms with van der Waals surface area (Å²) >= 11 is 0. The summed E-state index contributed by atoms with van der Waals surface area (Å²) in [6.07, 6.45) is 1.69. The zero-order chi connectivity index (χ0) is 18.1. The highest BCUT2D eigenvalue weighted by atomic mass is 16.7. The van der Waals surface area contributed by atoms with Crippen molar-refractivity contribution in [2.45, 2.75) is 18.4 Å². The molecule has 1 aromatic carbocycles. The fourth-order valence-corrected chi connectivity index (χ4v) is 3.60. The van der Waals surface area contributed by atoms with E-state index in [4.69, 9.17) is 9.47 Å². The van der Waals surface area contributed by atoms with Gasteiger partial charge in [0.2, 0.25) is 6.79 Å². The van der Waals surface area contributed by atoms with Gasteiger partial charge in [-0.05, 0) is 36.2 Å². The molecule has 0 saturated carbocycles. The SMILES string of the molecule is CNc1ncccc1C(=O)N1CC[C@@H](c2ccc3c(c2)OCO3)[C@H](O)C1. The van der Waals surface area contributed by atoms with Gasteiger partial charge in [0, 0.05) is 32.3 Å². The fourth-order valence-electron chi connectivity index (χ4n) is 3.60. The molecular formula is C19H21N3O4. The first-order valence-corrected chi connectivity index (χ1v) is 8.67. The van der Waals surface area contributed by atoms with E-state index in [0.717, 1.165) is 11.3 Å². The molecule has 4 rings (SSSR count). The van der Waals surface area contributed by atoms with Crippen LogP contribution in [-0.4, -0.2) is 53.9 Å². The molecule has 2 aliphatic rings. The van der Waals surface area contributed by atoms with E-state index in [0.29, 0.717) is 30.1 Å². The predicted molar refractivity (Wildman–Crippen MR) is 95.6 cm³/mol. The Morgan fingerprint density at radius 1 is 1.31 bits per heavy atom. The van der Waals surface area contributed by atoms with Crippen molar-refractivity contribution in [1.29, 1.82) is 0 Å². The standard InChI is InChI=1S/C19H21N3O4/c1-20-18-14(3-2-7-21-18)19(24)22-8-6-13(15(23)10-22)12-4-5-16-17(9-12)26-11-25-16/h2-5,7,9,13,15,23H,6,8,10-11H2,1H3,(H,20,21)/t13-,15+/m0/s1. The Balaban J connectivity index is 1.49. The summed E-state index contributed by atoms with van der Waals surface area (Å²) < 4.78 is 10.8. The number of aliphatic hydroxyl groups excluding tert-OH is 1. The molecule has 1 aromatic heterocycles. The number of aromatic nitrogens is 1. The Bertz CT molecular complexity index is 826. The summed E-state index contributed by atoms with van der Waals surface area (Å²) in [5, 5.41) is 13.6. The van der Waals surface area contributed by atoms with Gasteiger partial charge in [-0.25, -0.2) is 4.98 Å². The number of ether oxygens (including phenoxy) is 2. The average molecular weight is 355 g/mol. The summed E-state index contributed by atoms with van der Waals surface area (Å²) in [7, 11) is 1.74. The minimum Gasteiger partial charge on any atom is -0.454 e. The van der Waals surface area contributed by atoms with Crippen LogP contribution < -0.4 is 14.8 Å². The second-order valence-electron chi connectivity index (χ2n) is 6.48. The van der Waals surface area contributed by atoms with E-state index in [1.807, 2.05) is 18.2 Å². The molecule has 7 heteroatoms. The summed E-state index contributed by atoms with van der Waals surface area (Å²) in [5.74, 6) is 1.83. The van der Waals surface area contributed by atoms with Crippen molar-refractivity contribution >= 4 is 11.7 Å². The van der Waals surface area contributed by atoms with Gasteiger partial charge in [0.1, 0.15) is 5.82 Å². The maximum Gasteiger partial charge on any atom is 0.257 e. The molecule has 0 radical (unpaired) electrons. The third kappa shape index (κ3) is 2.94. The van der Waals surface area contributed by atoms with Crippen LogP contribution >= 0.6 is 0 Å². The van der Waals surface area contributed by atoms with E-state index < -0.39 is 6.10 Å². The first kappa shape index (κ1) is 16.7. The van der Waals surface area contributed by atoms with Gasteiger partial charge in [-0.2, -0.15) is 0 Å². The number of fused-ring (bicyclic) bond motifs is 1. The van der Waals surface area contributed by atoms with Crippen LogP contribution in [-0.2, 0) is 0 Å². The number of piperidine rings is 1. The molecule has 1 saturated heterocycles. The first-order valence-electron chi connectivity index (χ1n) is 8.67. The summed E-state index contributed by atoms with van der Waals surface area (Å²) in [4.78, 5) is 18.7. The lowest BCUT2D eigenvalue weighted by Gasteiger charge is -2.36. The summed E-state index contributed by atoms with van der Waals surface area (Å²) in [6, 6.07) is 9.24. The molecule has 3 heterocycles. The second kappa shape index (κ2) is 6.84.